The van der Waals surface area contributed by atoms with Gasteiger partial charge in [0.2, 0.25) is 5.56 Å². The highest BCUT2D eigenvalue weighted by Crippen LogP contribution is 2.16. The summed E-state index contributed by atoms with van der Waals surface area (Å²) >= 11 is 2.39. The molecule has 0 aliphatic rings. The maximum atomic E-state index is 11.5. The van der Waals surface area contributed by atoms with Crippen molar-refractivity contribution in [1.82, 2.24) is 4.98 Å². The zero-order valence-corrected chi connectivity index (χ0v) is 11.2. The summed E-state index contributed by atoms with van der Waals surface area (Å²) in [6.45, 7) is 0. The van der Waals surface area contributed by atoms with Crippen molar-refractivity contribution in [3.8, 4) is 0 Å². The van der Waals surface area contributed by atoms with Crippen molar-refractivity contribution < 1.29 is 0 Å². The van der Waals surface area contributed by atoms with Crippen LogP contribution in [0.2, 0.25) is 0 Å². The first kappa shape index (κ1) is 11.6. The van der Waals surface area contributed by atoms with Crippen LogP contribution in [0, 0.1) is 0 Å². The Kier molecular flexibility index (Phi) is 3.98. The van der Waals surface area contributed by atoms with Crippen molar-refractivity contribution >= 4 is 33.5 Å². The molecule has 0 atom stereocenters. The summed E-state index contributed by atoms with van der Waals surface area (Å²) in [5.74, 6) is 0. The summed E-state index contributed by atoms with van der Waals surface area (Å²) in [6.07, 6.45) is 3.35. The van der Waals surface area contributed by atoms with E-state index in [0.717, 1.165) is 18.4 Å². The number of benzene rings is 1. The lowest BCUT2D eigenvalue weighted by Gasteiger charge is -2.05. The number of fused-ring (bicyclic) bond motifs is 1. The molecule has 16 heavy (non-hydrogen) atoms. The molecule has 2 nitrogen and oxygen atoms in total. The van der Waals surface area contributed by atoms with Gasteiger partial charge in [0.1, 0.15) is 0 Å². The van der Waals surface area contributed by atoms with Gasteiger partial charge in [0.05, 0.1) is 0 Å². The fraction of sp³-hybridized carbons (Fsp3) is 0.308. The topological polar surface area (TPSA) is 32.9 Å². The molecule has 0 bridgehead atoms. The van der Waals surface area contributed by atoms with Crippen molar-refractivity contribution in [1.29, 1.82) is 0 Å². The van der Waals surface area contributed by atoms with Crippen LogP contribution in [0.5, 0.6) is 0 Å². The quantitative estimate of drug-likeness (QED) is 0.522. The molecule has 0 fully saturated rings. The molecule has 1 heterocycles. The summed E-state index contributed by atoms with van der Waals surface area (Å²) in [4.78, 5) is 14.3. The highest BCUT2D eigenvalue weighted by Gasteiger charge is 2.02. The van der Waals surface area contributed by atoms with E-state index in [0.29, 0.717) is 0 Å². The Labute approximate surface area is 108 Å². The highest BCUT2D eigenvalue weighted by molar-refractivity contribution is 14.1. The first-order chi connectivity index (χ1) is 7.81. The van der Waals surface area contributed by atoms with Crippen LogP contribution in [0.3, 0.4) is 0 Å². The molecular formula is C13H14INO. The Morgan fingerprint density at radius 3 is 2.81 bits per heavy atom. The van der Waals surface area contributed by atoms with E-state index >= 15 is 0 Å². The molecule has 0 spiro atoms. The Morgan fingerprint density at radius 2 is 2.00 bits per heavy atom. The van der Waals surface area contributed by atoms with Gasteiger partial charge in [-0.25, -0.2) is 0 Å². The standard InChI is InChI=1S/C13H14INO/c14-8-4-3-5-10-9-13(16)15-12-7-2-1-6-11(10)12/h1-2,6-7,9H,3-5,8H2,(H,15,16). The maximum Gasteiger partial charge on any atom is 0.248 e. The Balaban J connectivity index is 2.38. The van der Waals surface area contributed by atoms with E-state index in [9.17, 15) is 4.79 Å². The lowest BCUT2D eigenvalue weighted by Crippen LogP contribution is -2.06. The Morgan fingerprint density at radius 1 is 1.19 bits per heavy atom. The number of rotatable bonds is 4. The molecule has 0 aliphatic heterocycles. The third-order valence-corrected chi connectivity index (χ3v) is 3.43. The SMILES string of the molecule is O=c1cc(CCCCI)c2ccccc2[nH]1. The Hall–Kier alpha value is -0.840. The number of aryl methyl sites for hydroxylation is 1. The van der Waals surface area contributed by atoms with Gasteiger partial charge in [-0.2, -0.15) is 0 Å². The van der Waals surface area contributed by atoms with Crippen LogP contribution in [0.4, 0.5) is 0 Å². The number of hydrogen-bond donors (Lipinski definition) is 1. The average molecular weight is 327 g/mol. The van der Waals surface area contributed by atoms with Crippen molar-refractivity contribution in [3.63, 3.8) is 0 Å². The van der Waals surface area contributed by atoms with Crippen molar-refractivity contribution in [2.45, 2.75) is 19.3 Å². The molecule has 3 heteroatoms. The summed E-state index contributed by atoms with van der Waals surface area (Å²) < 4.78 is 1.18. The first-order valence-corrected chi connectivity index (χ1v) is 7.01. The molecular weight excluding hydrogens is 313 g/mol. The van der Waals surface area contributed by atoms with Crippen LogP contribution >= 0.6 is 22.6 Å². The monoisotopic (exact) mass is 327 g/mol. The smallest absolute Gasteiger partial charge is 0.248 e. The normalized spacial score (nSPS) is 10.8. The zero-order valence-electron chi connectivity index (χ0n) is 9.00. The average Bonchev–Trinajstić information content (AvgIpc) is 2.29. The predicted octanol–water partition coefficient (Wildman–Crippen LogP) is 3.29. The van der Waals surface area contributed by atoms with E-state index in [1.165, 1.54) is 21.8 Å². The summed E-state index contributed by atoms with van der Waals surface area (Å²) in [7, 11) is 0. The number of hydrogen-bond acceptors (Lipinski definition) is 1. The van der Waals surface area contributed by atoms with Crippen molar-refractivity contribution in [2.75, 3.05) is 4.43 Å². The number of aromatic nitrogens is 1. The number of unbranched alkanes of at least 4 members (excludes halogenated alkanes) is 1. The maximum absolute atomic E-state index is 11.5. The molecule has 84 valence electrons. The first-order valence-electron chi connectivity index (χ1n) is 5.48. The van der Waals surface area contributed by atoms with Gasteiger partial charge in [-0.3, -0.25) is 4.79 Å². The minimum atomic E-state index is 0.00294. The number of pyridine rings is 1. The van der Waals surface area contributed by atoms with Gasteiger partial charge in [-0.15, -0.1) is 0 Å². The molecule has 1 aromatic carbocycles. The molecule has 0 unspecified atom stereocenters. The molecule has 0 aliphatic carbocycles. The van der Waals surface area contributed by atoms with Crippen LogP contribution in [-0.2, 0) is 6.42 Å². The van der Waals surface area contributed by atoms with Gasteiger partial charge in [0, 0.05) is 17.0 Å². The van der Waals surface area contributed by atoms with E-state index in [1.54, 1.807) is 6.07 Å². The molecule has 0 radical (unpaired) electrons. The molecule has 2 rings (SSSR count). The lowest BCUT2D eigenvalue weighted by atomic mass is 10.0. The molecule has 2 aromatic rings. The number of alkyl halides is 1. The van der Waals surface area contributed by atoms with Crippen LogP contribution in [0.15, 0.2) is 35.1 Å². The number of para-hydroxylation sites is 1. The van der Waals surface area contributed by atoms with Crippen molar-refractivity contribution in [3.05, 3.63) is 46.2 Å². The van der Waals surface area contributed by atoms with E-state index in [-0.39, 0.29) is 5.56 Å². The second kappa shape index (κ2) is 5.48. The van der Waals surface area contributed by atoms with Crippen LogP contribution in [0.1, 0.15) is 18.4 Å². The van der Waals surface area contributed by atoms with E-state index in [1.807, 2.05) is 18.2 Å². The summed E-state index contributed by atoms with van der Waals surface area (Å²) in [5, 5.41) is 1.18. The van der Waals surface area contributed by atoms with Crippen LogP contribution in [0.25, 0.3) is 10.9 Å². The Bertz CT molecular complexity index is 533. The van der Waals surface area contributed by atoms with E-state index < -0.39 is 0 Å². The van der Waals surface area contributed by atoms with Gasteiger partial charge in [-0.1, -0.05) is 40.8 Å². The molecule has 1 aromatic heterocycles. The molecule has 0 saturated carbocycles. The van der Waals surface area contributed by atoms with Gasteiger partial charge in [-0.05, 0) is 35.3 Å². The molecule has 1 N–H and O–H groups in total. The van der Waals surface area contributed by atoms with Crippen LogP contribution in [-0.4, -0.2) is 9.41 Å². The van der Waals surface area contributed by atoms with Gasteiger partial charge in [0.25, 0.3) is 0 Å². The largest absolute Gasteiger partial charge is 0.322 e. The minimum absolute atomic E-state index is 0.00294. The third kappa shape index (κ3) is 2.64. The second-order valence-electron chi connectivity index (χ2n) is 3.85. The zero-order chi connectivity index (χ0) is 11.4. The van der Waals surface area contributed by atoms with Crippen LogP contribution < -0.4 is 5.56 Å². The fourth-order valence-corrected chi connectivity index (χ4v) is 2.43. The second-order valence-corrected chi connectivity index (χ2v) is 4.93. The third-order valence-electron chi connectivity index (χ3n) is 2.67. The minimum Gasteiger partial charge on any atom is -0.322 e. The highest BCUT2D eigenvalue weighted by atomic mass is 127. The fourth-order valence-electron chi connectivity index (χ4n) is 1.89. The summed E-state index contributed by atoms with van der Waals surface area (Å²) in [5.41, 5.74) is 2.12. The predicted molar refractivity (Wildman–Crippen MR) is 76.4 cm³/mol. The van der Waals surface area contributed by atoms with E-state index in [2.05, 4.69) is 33.6 Å². The van der Waals surface area contributed by atoms with Gasteiger partial charge >= 0.3 is 0 Å². The number of halogens is 1. The number of nitrogens with one attached hydrogen (secondary N) is 1. The summed E-state index contributed by atoms with van der Waals surface area (Å²) in [6, 6.07) is 9.73. The van der Waals surface area contributed by atoms with Gasteiger partial charge in [0.15, 0.2) is 0 Å². The number of H-pyrrole nitrogens is 1. The molecule has 0 amide bonds. The number of aromatic amines is 1. The lowest BCUT2D eigenvalue weighted by molar-refractivity contribution is 0.812. The molecule has 0 saturated heterocycles. The van der Waals surface area contributed by atoms with Crippen molar-refractivity contribution in [2.24, 2.45) is 0 Å². The van der Waals surface area contributed by atoms with Gasteiger partial charge < -0.3 is 4.98 Å². The van der Waals surface area contributed by atoms with E-state index in [4.69, 9.17) is 0 Å².